The Morgan fingerprint density at radius 1 is 1.33 bits per heavy atom. The SMILES string of the molecule is Cc1ccc(OCC(C)(C)N(C)C(=O)CCl)cc1. The first kappa shape index (κ1) is 14.8. The number of halogens is 1. The van der Waals surface area contributed by atoms with Crippen molar-refractivity contribution in [2.45, 2.75) is 26.3 Å². The monoisotopic (exact) mass is 269 g/mol. The van der Waals surface area contributed by atoms with Crippen LogP contribution in [0.1, 0.15) is 19.4 Å². The van der Waals surface area contributed by atoms with Gasteiger partial charge in [0.15, 0.2) is 0 Å². The topological polar surface area (TPSA) is 29.5 Å². The summed E-state index contributed by atoms with van der Waals surface area (Å²) in [6, 6.07) is 7.84. The maximum Gasteiger partial charge on any atom is 0.237 e. The largest absolute Gasteiger partial charge is 0.491 e. The van der Waals surface area contributed by atoms with Gasteiger partial charge >= 0.3 is 0 Å². The van der Waals surface area contributed by atoms with Gasteiger partial charge < -0.3 is 9.64 Å². The van der Waals surface area contributed by atoms with E-state index in [1.54, 1.807) is 11.9 Å². The van der Waals surface area contributed by atoms with E-state index in [2.05, 4.69) is 0 Å². The van der Waals surface area contributed by atoms with E-state index in [0.717, 1.165) is 5.75 Å². The van der Waals surface area contributed by atoms with Gasteiger partial charge in [-0.05, 0) is 32.9 Å². The molecule has 0 spiro atoms. The summed E-state index contributed by atoms with van der Waals surface area (Å²) in [6.07, 6.45) is 0. The predicted octanol–water partition coefficient (Wildman–Crippen LogP) is 2.85. The number of nitrogens with zero attached hydrogens (tertiary/aromatic N) is 1. The van der Waals surface area contributed by atoms with Crippen LogP contribution in [-0.2, 0) is 4.79 Å². The second kappa shape index (κ2) is 6.10. The molecule has 0 heterocycles. The molecule has 1 aromatic rings. The van der Waals surface area contributed by atoms with Crippen molar-refractivity contribution in [3.63, 3.8) is 0 Å². The molecule has 0 N–H and O–H groups in total. The maximum absolute atomic E-state index is 11.6. The number of hydrogen-bond acceptors (Lipinski definition) is 2. The van der Waals surface area contributed by atoms with E-state index in [9.17, 15) is 4.79 Å². The minimum atomic E-state index is -0.392. The summed E-state index contributed by atoms with van der Waals surface area (Å²) in [5.41, 5.74) is 0.799. The smallest absolute Gasteiger partial charge is 0.237 e. The van der Waals surface area contributed by atoms with Crippen molar-refractivity contribution in [3.8, 4) is 5.75 Å². The van der Waals surface area contributed by atoms with Crippen LogP contribution in [0.5, 0.6) is 5.75 Å². The lowest BCUT2D eigenvalue weighted by atomic mass is 10.1. The summed E-state index contributed by atoms with van der Waals surface area (Å²) in [7, 11) is 1.74. The Bertz CT molecular complexity index is 401. The van der Waals surface area contributed by atoms with Gasteiger partial charge in [0.2, 0.25) is 5.91 Å². The lowest BCUT2D eigenvalue weighted by Crippen LogP contribution is -2.49. The Morgan fingerprint density at radius 2 is 1.89 bits per heavy atom. The zero-order valence-electron chi connectivity index (χ0n) is 11.4. The first-order valence-electron chi connectivity index (χ1n) is 5.89. The minimum Gasteiger partial charge on any atom is -0.491 e. The molecule has 0 aliphatic rings. The van der Waals surface area contributed by atoms with Crippen LogP contribution < -0.4 is 4.74 Å². The highest BCUT2D eigenvalue weighted by atomic mass is 35.5. The van der Waals surface area contributed by atoms with E-state index in [0.29, 0.717) is 6.61 Å². The summed E-state index contributed by atoms with van der Waals surface area (Å²) >= 11 is 5.56. The molecule has 1 aromatic carbocycles. The number of amides is 1. The van der Waals surface area contributed by atoms with Gasteiger partial charge in [-0.3, -0.25) is 4.79 Å². The van der Waals surface area contributed by atoms with Gasteiger partial charge in [-0.25, -0.2) is 0 Å². The van der Waals surface area contributed by atoms with Crippen molar-refractivity contribution in [2.75, 3.05) is 19.5 Å². The molecule has 0 aliphatic carbocycles. The van der Waals surface area contributed by atoms with Gasteiger partial charge in [0.25, 0.3) is 0 Å². The molecule has 18 heavy (non-hydrogen) atoms. The first-order valence-corrected chi connectivity index (χ1v) is 6.42. The zero-order valence-corrected chi connectivity index (χ0v) is 12.1. The molecule has 0 saturated heterocycles. The first-order chi connectivity index (χ1) is 8.36. The predicted molar refractivity (Wildman–Crippen MR) is 74.2 cm³/mol. The highest BCUT2D eigenvalue weighted by molar-refractivity contribution is 6.27. The molecule has 0 fully saturated rings. The van der Waals surface area contributed by atoms with Crippen LogP contribution in [0.25, 0.3) is 0 Å². The average Bonchev–Trinajstić information content (AvgIpc) is 2.36. The van der Waals surface area contributed by atoms with Gasteiger partial charge in [-0.2, -0.15) is 0 Å². The molecule has 1 amide bonds. The number of alkyl halides is 1. The highest BCUT2D eigenvalue weighted by Gasteiger charge is 2.27. The normalized spacial score (nSPS) is 11.2. The fourth-order valence-corrected chi connectivity index (χ4v) is 1.60. The summed E-state index contributed by atoms with van der Waals surface area (Å²) in [5, 5.41) is 0. The molecule has 0 saturated carbocycles. The molecule has 1 rings (SSSR count). The van der Waals surface area contributed by atoms with E-state index < -0.39 is 5.54 Å². The summed E-state index contributed by atoms with van der Waals surface area (Å²) < 4.78 is 5.70. The van der Waals surface area contributed by atoms with Crippen LogP contribution in [0.3, 0.4) is 0 Å². The molecule has 0 unspecified atom stereocenters. The lowest BCUT2D eigenvalue weighted by molar-refractivity contribution is -0.132. The third-order valence-electron chi connectivity index (χ3n) is 3.01. The van der Waals surface area contributed by atoms with Crippen molar-refractivity contribution in [2.24, 2.45) is 0 Å². The summed E-state index contributed by atoms with van der Waals surface area (Å²) in [6.45, 7) is 6.35. The van der Waals surface area contributed by atoms with Gasteiger partial charge in [-0.15, -0.1) is 11.6 Å². The summed E-state index contributed by atoms with van der Waals surface area (Å²) in [5.74, 6) is 0.694. The Hall–Kier alpha value is -1.22. The van der Waals surface area contributed by atoms with E-state index in [1.165, 1.54) is 5.56 Å². The van der Waals surface area contributed by atoms with E-state index >= 15 is 0 Å². The lowest BCUT2D eigenvalue weighted by Gasteiger charge is -2.35. The van der Waals surface area contributed by atoms with Crippen molar-refractivity contribution in [3.05, 3.63) is 29.8 Å². The standard InChI is InChI=1S/C14H20ClNO2/c1-11-5-7-12(8-6-11)18-10-14(2,3)16(4)13(17)9-15/h5-8H,9-10H2,1-4H3. The van der Waals surface area contributed by atoms with Crippen molar-refractivity contribution >= 4 is 17.5 Å². The Labute approximate surface area is 114 Å². The van der Waals surface area contributed by atoms with Crippen molar-refractivity contribution in [1.82, 2.24) is 4.90 Å². The number of benzene rings is 1. The number of aryl methyl sites for hydroxylation is 1. The second-order valence-corrected chi connectivity index (χ2v) is 5.27. The molecular weight excluding hydrogens is 250 g/mol. The number of likely N-dealkylation sites (N-methyl/N-ethyl adjacent to an activating group) is 1. The Morgan fingerprint density at radius 3 is 2.39 bits per heavy atom. The zero-order chi connectivity index (χ0) is 13.8. The highest BCUT2D eigenvalue weighted by Crippen LogP contribution is 2.17. The maximum atomic E-state index is 11.6. The van der Waals surface area contributed by atoms with Crippen LogP contribution in [0, 0.1) is 6.92 Å². The Kier molecular flexibility index (Phi) is 5.03. The van der Waals surface area contributed by atoms with Crippen LogP contribution >= 0.6 is 11.6 Å². The van der Waals surface area contributed by atoms with Gasteiger partial charge in [0.1, 0.15) is 18.2 Å². The van der Waals surface area contributed by atoms with Crippen molar-refractivity contribution < 1.29 is 9.53 Å². The van der Waals surface area contributed by atoms with E-state index in [-0.39, 0.29) is 11.8 Å². The molecule has 0 atom stereocenters. The molecule has 0 bridgehead atoms. The number of hydrogen-bond donors (Lipinski definition) is 0. The fourth-order valence-electron chi connectivity index (χ4n) is 1.42. The molecule has 0 aromatic heterocycles. The number of ether oxygens (including phenoxy) is 1. The van der Waals surface area contributed by atoms with Gasteiger partial charge in [-0.1, -0.05) is 17.7 Å². The Balaban J connectivity index is 2.61. The van der Waals surface area contributed by atoms with Crippen LogP contribution in [-0.4, -0.2) is 35.9 Å². The number of rotatable bonds is 5. The second-order valence-electron chi connectivity index (χ2n) is 5.00. The molecular formula is C14H20ClNO2. The molecule has 3 nitrogen and oxygen atoms in total. The van der Waals surface area contributed by atoms with Gasteiger partial charge in [0.05, 0.1) is 5.54 Å². The molecule has 0 radical (unpaired) electrons. The van der Waals surface area contributed by atoms with Crippen LogP contribution in [0.15, 0.2) is 24.3 Å². The molecule has 4 heteroatoms. The van der Waals surface area contributed by atoms with E-state index in [4.69, 9.17) is 16.3 Å². The summed E-state index contributed by atoms with van der Waals surface area (Å²) in [4.78, 5) is 13.2. The van der Waals surface area contributed by atoms with Crippen LogP contribution in [0.2, 0.25) is 0 Å². The van der Waals surface area contributed by atoms with Crippen LogP contribution in [0.4, 0.5) is 0 Å². The quantitative estimate of drug-likeness (QED) is 0.770. The average molecular weight is 270 g/mol. The fraction of sp³-hybridized carbons (Fsp3) is 0.500. The molecule has 100 valence electrons. The third-order valence-corrected chi connectivity index (χ3v) is 3.24. The third kappa shape index (κ3) is 3.91. The number of carbonyl (C=O) groups excluding carboxylic acids is 1. The van der Waals surface area contributed by atoms with E-state index in [1.807, 2.05) is 45.0 Å². The van der Waals surface area contributed by atoms with Crippen molar-refractivity contribution in [1.29, 1.82) is 0 Å². The van der Waals surface area contributed by atoms with Gasteiger partial charge in [0, 0.05) is 7.05 Å². The molecule has 0 aliphatic heterocycles. The minimum absolute atomic E-state index is 0.00946. The number of carbonyl (C=O) groups is 1.